The molecule has 0 aliphatic carbocycles. The van der Waals surface area contributed by atoms with Crippen molar-refractivity contribution in [3.05, 3.63) is 52.1 Å². The first-order chi connectivity index (χ1) is 13.3. The van der Waals surface area contributed by atoms with Crippen LogP contribution >= 0.6 is 22.9 Å². The standard InChI is InChI=1S/C17H17ClFN3O4S2/c18-14-10-12(19)3-4-13(14)17(24)22-7-5-21(6-8-22)15(23)11-20-28(25,26)16-2-1-9-27-16/h1-4,9-10,20H,5-8,11H2. The predicted octanol–water partition coefficient (Wildman–Crippen LogP) is 1.80. The van der Waals surface area contributed by atoms with Gasteiger partial charge in [0.2, 0.25) is 5.91 Å². The number of nitrogens with zero attached hydrogens (tertiary/aromatic N) is 2. The van der Waals surface area contributed by atoms with E-state index < -0.39 is 15.8 Å². The van der Waals surface area contributed by atoms with Gasteiger partial charge in [-0.15, -0.1) is 11.3 Å². The van der Waals surface area contributed by atoms with E-state index >= 15 is 0 Å². The number of nitrogens with one attached hydrogen (secondary N) is 1. The molecule has 7 nitrogen and oxygen atoms in total. The van der Waals surface area contributed by atoms with Gasteiger partial charge in [-0.25, -0.2) is 17.5 Å². The molecular weight excluding hydrogens is 429 g/mol. The van der Waals surface area contributed by atoms with Crippen LogP contribution in [0.4, 0.5) is 4.39 Å². The second kappa shape index (κ2) is 8.56. The number of sulfonamides is 1. The normalized spacial score (nSPS) is 14.9. The average Bonchev–Trinajstić information content (AvgIpc) is 3.22. The molecule has 2 amide bonds. The van der Waals surface area contributed by atoms with Crippen LogP contribution < -0.4 is 4.72 Å². The molecule has 1 fully saturated rings. The highest BCUT2D eigenvalue weighted by Gasteiger charge is 2.27. The molecule has 0 radical (unpaired) electrons. The zero-order valence-corrected chi connectivity index (χ0v) is 17.0. The van der Waals surface area contributed by atoms with Crippen molar-refractivity contribution in [1.29, 1.82) is 0 Å². The van der Waals surface area contributed by atoms with Gasteiger partial charge >= 0.3 is 0 Å². The molecule has 1 aromatic carbocycles. The van der Waals surface area contributed by atoms with E-state index in [1.165, 1.54) is 28.0 Å². The van der Waals surface area contributed by atoms with Crippen molar-refractivity contribution in [3.8, 4) is 0 Å². The maximum atomic E-state index is 13.1. The summed E-state index contributed by atoms with van der Waals surface area (Å²) in [7, 11) is -3.71. The Morgan fingerprint density at radius 2 is 1.82 bits per heavy atom. The number of halogens is 2. The minimum absolute atomic E-state index is 0.0338. The molecule has 1 aliphatic heterocycles. The summed E-state index contributed by atoms with van der Waals surface area (Å²) in [5.41, 5.74) is 0.201. The van der Waals surface area contributed by atoms with E-state index in [2.05, 4.69) is 4.72 Å². The fraction of sp³-hybridized carbons (Fsp3) is 0.294. The zero-order valence-electron chi connectivity index (χ0n) is 14.6. The summed E-state index contributed by atoms with van der Waals surface area (Å²) in [4.78, 5) is 27.8. The average molecular weight is 446 g/mol. The number of piperazine rings is 1. The van der Waals surface area contributed by atoms with Crippen molar-refractivity contribution in [1.82, 2.24) is 14.5 Å². The summed E-state index contributed by atoms with van der Waals surface area (Å²) in [5, 5.41) is 1.67. The number of hydrogen-bond donors (Lipinski definition) is 1. The van der Waals surface area contributed by atoms with E-state index in [9.17, 15) is 22.4 Å². The van der Waals surface area contributed by atoms with Gasteiger partial charge in [-0.3, -0.25) is 9.59 Å². The van der Waals surface area contributed by atoms with Crippen molar-refractivity contribution < 1.29 is 22.4 Å². The van der Waals surface area contributed by atoms with E-state index in [1.54, 1.807) is 11.4 Å². The van der Waals surface area contributed by atoms with Gasteiger partial charge in [0.05, 0.1) is 17.1 Å². The summed E-state index contributed by atoms with van der Waals surface area (Å²) in [6, 6.07) is 6.65. The van der Waals surface area contributed by atoms with Crippen LogP contribution in [0.1, 0.15) is 10.4 Å². The van der Waals surface area contributed by atoms with Gasteiger partial charge in [0, 0.05) is 26.2 Å². The monoisotopic (exact) mass is 445 g/mol. The summed E-state index contributed by atoms with van der Waals surface area (Å²) in [6.07, 6.45) is 0. The van der Waals surface area contributed by atoms with Gasteiger partial charge in [0.25, 0.3) is 15.9 Å². The minimum Gasteiger partial charge on any atom is -0.338 e. The third kappa shape index (κ3) is 4.69. The predicted molar refractivity (Wildman–Crippen MR) is 103 cm³/mol. The first kappa shape index (κ1) is 20.7. The third-order valence-electron chi connectivity index (χ3n) is 4.25. The first-order valence-corrected chi connectivity index (χ1v) is 11.1. The fourth-order valence-corrected chi connectivity index (χ4v) is 5.01. The van der Waals surface area contributed by atoms with Crippen LogP contribution in [-0.2, 0) is 14.8 Å². The van der Waals surface area contributed by atoms with E-state index in [4.69, 9.17) is 11.6 Å². The van der Waals surface area contributed by atoms with Crippen molar-refractivity contribution in [2.75, 3.05) is 32.7 Å². The Hall–Kier alpha value is -2.01. The summed E-state index contributed by atoms with van der Waals surface area (Å²) >= 11 is 7.00. The van der Waals surface area contributed by atoms with Crippen LogP contribution in [0, 0.1) is 5.82 Å². The Labute approximate surface area is 170 Å². The highest BCUT2D eigenvalue weighted by atomic mass is 35.5. The fourth-order valence-electron chi connectivity index (χ4n) is 2.75. The number of hydrogen-bond acceptors (Lipinski definition) is 5. The van der Waals surface area contributed by atoms with Crippen LogP contribution in [0.2, 0.25) is 5.02 Å². The van der Waals surface area contributed by atoms with E-state index in [0.717, 1.165) is 17.4 Å². The molecule has 0 bridgehead atoms. The Balaban J connectivity index is 1.53. The van der Waals surface area contributed by atoms with Crippen LogP contribution in [0.3, 0.4) is 0 Å². The SMILES string of the molecule is O=C(CNS(=O)(=O)c1cccs1)N1CCN(C(=O)c2ccc(F)cc2Cl)CC1. The van der Waals surface area contributed by atoms with Gasteiger partial charge in [-0.1, -0.05) is 17.7 Å². The summed E-state index contributed by atoms with van der Waals surface area (Å²) in [6.45, 7) is 0.734. The molecule has 2 heterocycles. The lowest BCUT2D eigenvalue weighted by atomic mass is 10.1. The van der Waals surface area contributed by atoms with Gasteiger partial charge < -0.3 is 9.80 Å². The number of benzene rings is 1. The lowest BCUT2D eigenvalue weighted by molar-refractivity contribution is -0.131. The first-order valence-electron chi connectivity index (χ1n) is 8.33. The molecule has 1 aromatic heterocycles. The highest BCUT2D eigenvalue weighted by Crippen LogP contribution is 2.20. The van der Waals surface area contributed by atoms with Gasteiger partial charge in [-0.05, 0) is 29.6 Å². The second-order valence-corrected chi connectivity index (χ2v) is 9.40. The van der Waals surface area contributed by atoms with E-state index in [-0.39, 0.29) is 59.3 Å². The highest BCUT2D eigenvalue weighted by molar-refractivity contribution is 7.91. The van der Waals surface area contributed by atoms with E-state index in [0.29, 0.717) is 0 Å². The van der Waals surface area contributed by atoms with Crippen LogP contribution in [0.5, 0.6) is 0 Å². The van der Waals surface area contributed by atoms with E-state index in [1.807, 2.05) is 0 Å². The largest absolute Gasteiger partial charge is 0.338 e. The Kier molecular flexibility index (Phi) is 6.33. The maximum Gasteiger partial charge on any atom is 0.255 e. The number of thiophene rings is 1. The van der Waals surface area contributed by atoms with Gasteiger partial charge in [0.15, 0.2) is 0 Å². The van der Waals surface area contributed by atoms with Crippen molar-refractivity contribution >= 4 is 44.8 Å². The Morgan fingerprint density at radius 1 is 1.14 bits per heavy atom. The molecule has 0 spiro atoms. The van der Waals surface area contributed by atoms with Gasteiger partial charge in [0.1, 0.15) is 10.0 Å². The molecule has 1 aliphatic rings. The molecule has 3 rings (SSSR count). The molecular formula is C17H17ClFN3O4S2. The molecule has 11 heteroatoms. The summed E-state index contributed by atoms with van der Waals surface area (Å²) < 4.78 is 39.7. The topological polar surface area (TPSA) is 86.8 Å². The number of rotatable bonds is 5. The van der Waals surface area contributed by atoms with Crippen molar-refractivity contribution in [2.45, 2.75) is 4.21 Å². The second-order valence-electron chi connectivity index (χ2n) is 6.05. The van der Waals surface area contributed by atoms with Gasteiger partial charge in [-0.2, -0.15) is 0 Å². The smallest absolute Gasteiger partial charge is 0.255 e. The molecule has 1 saturated heterocycles. The Morgan fingerprint density at radius 3 is 2.43 bits per heavy atom. The molecule has 28 heavy (non-hydrogen) atoms. The Bertz CT molecular complexity index is 974. The molecule has 0 unspecified atom stereocenters. The molecule has 0 saturated carbocycles. The van der Waals surface area contributed by atoms with Crippen LogP contribution in [-0.4, -0.2) is 62.8 Å². The molecule has 1 N–H and O–H groups in total. The quantitative estimate of drug-likeness (QED) is 0.760. The zero-order chi connectivity index (χ0) is 20.3. The molecule has 0 atom stereocenters. The van der Waals surface area contributed by atoms with Crippen LogP contribution in [0.15, 0.2) is 39.9 Å². The van der Waals surface area contributed by atoms with Crippen molar-refractivity contribution in [3.63, 3.8) is 0 Å². The molecule has 150 valence electrons. The van der Waals surface area contributed by atoms with Crippen LogP contribution in [0.25, 0.3) is 0 Å². The maximum absolute atomic E-state index is 13.1. The lowest BCUT2D eigenvalue weighted by Crippen LogP contribution is -2.52. The number of carbonyl (C=O) groups is 2. The van der Waals surface area contributed by atoms with Crippen molar-refractivity contribution in [2.24, 2.45) is 0 Å². The third-order valence-corrected chi connectivity index (χ3v) is 7.37. The minimum atomic E-state index is -3.71. The lowest BCUT2D eigenvalue weighted by Gasteiger charge is -2.35. The summed E-state index contributed by atoms with van der Waals surface area (Å²) in [5.74, 6) is -1.23. The molecule has 2 aromatic rings. The number of amides is 2. The number of carbonyl (C=O) groups excluding carboxylic acids is 2.